The van der Waals surface area contributed by atoms with Crippen molar-refractivity contribution in [1.82, 2.24) is 25.0 Å². The van der Waals surface area contributed by atoms with E-state index in [1.165, 1.54) is 10.9 Å². The number of aromatic amines is 1. The minimum atomic E-state index is -3.84. The quantitative estimate of drug-likeness (QED) is 0.657. The SMILES string of the molecule is Cc1nc(NS(=O)(=O)c2cnn(CCC(=O)O)c2)n[nH]1. The summed E-state index contributed by atoms with van der Waals surface area (Å²) in [5, 5.41) is 18.5. The Bertz CT molecular complexity index is 718. The Balaban J connectivity index is 2.11. The number of hydrogen-bond donors (Lipinski definition) is 3. The third-order valence-electron chi connectivity index (χ3n) is 2.30. The summed E-state index contributed by atoms with van der Waals surface area (Å²) >= 11 is 0. The highest BCUT2D eigenvalue weighted by Gasteiger charge is 2.18. The van der Waals surface area contributed by atoms with Gasteiger partial charge in [0.2, 0.25) is 0 Å². The van der Waals surface area contributed by atoms with Gasteiger partial charge in [0.05, 0.1) is 19.2 Å². The second kappa shape index (κ2) is 5.28. The second-order valence-electron chi connectivity index (χ2n) is 3.93. The van der Waals surface area contributed by atoms with Crippen molar-refractivity contribution in [2.24, 2.45) is 0 Å². The van der Waals surface area contributed by atoms with Crippen molar-refractivity contribution in [3.05, 3.63) is 18.2 Å². The molecule has 20 heavy (non-hydrogen) atoms. The van der Waals surface area contributed by atoms with E-state index in [2.05, 4.69) is 25.0 Å². The summed E-state index contributed by atoms with van der Waals surface area (Å²) in [5.41, 5.74) is 0. The summed E-state index contributed by atoms with van der Waals surface area (Å²) in [7, 11) is -3.84. The van der Waals surface area contributed by atoms with Crippen molar-refractivity contribution in [2.75, 3.05) is 4.72 Å². The molecule has 0 bridgehead atoms. The van der Waals surface area contributed by atoms with E-state index in [-0.39, 0.29) is 23.8 Å². The lowest BCUT2D eigenvalue weighted by atomic mass is 10.4. The summed E-state index contributed by atoms with van der Waals surface area (Å²) in [5.74, 6) is -0.583. The van der Waals surface area contributed by atoms with Crippen molar-refractivity contribution < 1.29 is 18.3 Å². The average Bonchev–Trinajstić information content (AvgIpc) is 2.95. The normalized spacial score (nSPS) is 11.4. The number of aromatic nitrogens is 5. The molecular weight excluding hydrogens is 288 g/mol. The lowest BCUT2D eigenvalue weighted by Gasteiger charge is -2.00. The number of nitrogens with one attached hydrogen (secondary N) is 2. The van der Waals surface area contributed by atoms with Crippen LogP contribution in [-0.4, -0.2) is 44.5 Å². The first-order valence-electron chi connectivity index (χ1n) is 5.53. The number of anilines is 1. The summed E-state index contributed by atoms with van der Waals surface area (Å²) < 4.78 is 27.4. The maximum atomic E-state index is 12.0. The largest absolute Gasteiger partial charge is 0.481 e. The average molecular weight is 300 g/mol. The first-order valence-corrected chi connectivity index (χ1v) is 7.01. The van der Waals surface area contributed by atoms with Crippen molar-refractivity contribution in [3.8, 4) is 0 Å². The zero-order chi connectivity index (χ0) is 14.8. The first kappa shape index (κ1) is 14.0. The molecular formula is C9H12N6O4S. The molecule has 2 aromatic heterocycles. The predicted molar refractivity (Wildman–Crippen MR) is 66.4 cm³/mol. The van der Waals surface area contributed by atoms with Gasteiger partial charge in [0.1, 0.15) is 10.7 Å². The number of sulfonamides is 1. The maximum absolute atomic E-state index is 12.0. The van der Waals surface area contributed by atoms with Crippen LogP contribution in [0.4, 0.5) is 5.95 Å². The van der Waals surface area contributed by atoms with Gasteiger partial charge in [-0.1, -0.05) is 0 Å². The van der Waals surface area contributed by atoms with Crippen LogP contribution in [0.2, 0.25) is 0 Å². The molecule has 0 saturated carbocycles. The molecule has 3 N–H and O–H groups in total. The van der Waals surface area contributed by atoms with Gasteiger partial charge in [-0.05, 0) is 6.92 Å². The molecule has 0 unspecified atom stereocenters. The highest BCUT2D eigenvalue weighted by Crippen LogP contribution is 2.12. The Morgan fingerprint density at radius 2 is 2.30 bits per heavy atom. The molecule has 11 heteroatoms. The summed E-state index contributed by atoms with van der Waals surface area (Å²) in [4.78, 5) is 14.2. The minimum absolute atomic E-state index is 0.0687. The molecule has 2 heterocycles. The van der Waals surface area contributed by atoms with E-state index in [1.807, 2.05) is 0 Å². The van der Waals surface area contributed by atoms with Crippen molar-refractivity contribution in [3.63, 3.8) is 0 Å². The number of carboxylic acid groups (broad SMARTS) is 1. The molecule has 0 aromatic carbocycles. The van der Waals surface area contributed by atoms with Gasteiger partial charge >= 0.3 is 5.97 Å². The first-order chi connectivity index (χ1) is 9.37. The molecule has 2 rings (SSSR count). The van der Waals surface area contributed by atoms with E-state index < -0.39 is 16.0 Å². The van der Waals surface area contributed by atoms with Gasteiger partial charge in [0.15, 0.2) is 0 Å². The minimum Gasteiger partial charge on any atom is -0.481 e. The molecule has 0 radical (unpaired) electrons. The van der Waals surface area contributed by atoms with Crippen LogP contribution in [0.15, 0.2) is 17.3 Å². The van der Waals surface area contributed by atoms with Gasteiger partial charge in [-0.3, -0.25) is 14.6 Å². The third-order valence-corrected chi connectivity index (χ3v) is 3.58. The molecule has 2 aromatic rings. The lowest BCUT2D eigenvalue weighted by molar-refractivity contribution is -0.137. The molecule has 0 fully saturated rings. The van der Waals surface area contributed by atoms with Crippen LogP contribution in [0.5, 0.6) is 0 Å². The Morgan fingerprint density at radius 1 is 1.55 bits per heavy atom. The van der Waals surface area contributed by atoms with Crippen molar-refractivity contribution in [1.29, 1.82) is 0 Å². The number of aryl methyl sites for hydroxylation is 2. The Morgan fingerprint density at radius 3 is 2.90 bits per heavy atom. The Hall–Kier alpha value is -2.43. The second-order valence-corrected chi connectivity index (χ2v) is 5.62. The van der Waals surface area contributed by atoms with Crippen LogP contribution in [0.1, 0.15) is 12.2 Å². The predicted octanol–water partition coefficient (Wildman–Crippen LogP) is -0.415. The number of carboxylic acids is 1. The van der Waals surface area contributed by atoms with Gasteiger partial charge in [0.25, 0.3) is 16.0 Å². The molecule has 108 valence electrons. The number of nitrogens with zero attached hydrogens (tertiary/aromatic N) is 4. The van der Waals surface area contributed by atoms with E-state index >= 15 is 0 Å². The zero-order valence-electron chi connectivity index (χ0n) is 10.4. The van der Waals surface area contributed by atoms with Crippen LogP contribution in [-0.2, 0) is 21.4 Å². The number of aliphatic carboxylic acids is 1. The van der Waals surface area contributed by atoms with Crippen LogP contribution in [0.25, 0.3) is 0 Å². The number of hydrogen-bond acceptors (Lipinski definition) is 6. The van der Waals surface area contributed by atoms with Gasteiger partial charge in [-0.25, -0.2) is 13.1 Å². The molecule has 0 aliphatic heterocycles. The number of carbonyl (C=O) groups is 1. The van der Waals surface area contributed by atoms with E-state index in [9.17, 15) is 13.2 Å². The van der Waals surface area contributed by atoms with Gasteiger partial charge < -0.3 is 5.11 Å². The molecule has 0 spiro atoms. The van der Waals surface area contributed by atoms with Crippen LogP contribution >= 0.6 is 0 Å². The maximum Gasteiger partial charge on any atom is 0.305 e. The van der Waals surface area contributed by atoms with Gasteiger partial charge in [-0.2, -0.15) is 10.1 Å². The Labute approximate surface area is 113 Å². The summed E-state index contributed by atoms with van der Waals surface area (Å²) in [6, 6.07) is 0. The standard InChI is InChI=1S/C9H12N6O4S/c1-6-11-9(13-12-6)14-20(18,19)7-4-10-15(5-7)3-2-8(16)17/h4-5H,2-3H2,1H3,(H,16,17)(H2,11,12,13,14). The van der Waals surface area contributed by atoms with E-state index in [0.29, 0.717) is 5.82 Å². The third kappa shape index (κ3) is 3.32. The lowest BCUT2D eigenvalue weighted by Crippen LogP contribution is -2.13. The topological polar surface area (TPSA) is 143 Å². The molecule has 0 aliphatic carbocycles. The molecule has 0 aliphatic rings. The fraction of sp³-hybridized carbons (Fsp3) is 0.333. The van der Waals surface area contributed by atoms with Crippen molar-refractivity contribution in [2.45, 2.75) is 24.8 Å². The summed E-state index contributed by atoms with van der Waals surface area (Å²) in [6.07, 6.45) is 2.23. The zero-order valence-corrected chi connectivity index (χ0v) is 11.3. The smallest absolute Gasteiger partial charge is 0.305 e. The highest BCUT2D eigenvalue weighted by atomic mass is 32.2. The van der Waals surface area contributed by atoms with E-state index in [4.69, 9.17) is 5.11 Å². The molecule has 0 saturated heterocycles. The highest BCUT2D eigenvalue weighted by molar-refractivity contribution is 7.92. The van der Waals surface area contributed by atoms with Crippen LogP contribution in [0, 0.1) is 6.92 Å². The van der Waals surface area contributed by atoms with E-state index in [1.54, 1.807) is 6.92 Å². The Kier molecular flexibility index (Phi) is 3.70. The number of rotatable bonds is 6. The van der Waals surface area contributed by atoms with Gasteiger partial charge in [0, 0.05) is 6.20 Å². The summed E-state index contributed by atoms with van der Waals surface area (Å²) in [6.45, 7) is 1.72. The van der Waals surface area contributed by atoms with Crippen LogP contribution in [0.3, 0.4) is 0 Å². The van der Waals surface area contributed by atoms with Crippen molar-refractivity contribution >= 4 is 21.9 Å². The van der Waals surface area contributed by atoms with E-state index in [0.717, 1.165) is 6.20 Å². The fourth-order valence-electron chi connectivity index (χ4n) is 1.38. The van der Waals surface area contributed by atoms with Crippen LogP contribution < -0.4 is 4.72 Å². The van der Waals surface area contributed by atoms with Gasteiger partial charge in [-0.15, -0.1) is 5.10 Å². The molecule has 0 amide bonds. The monoisotopic (exact) mass is 300 g/mol. The fourth-order valence-corrected chi connectivity index (χ4v) is 2.28. The molecule has 10 nitrogen and oxygen atoms in total. The number of H-pyrrole nitrogens is 1. The molecule has 0 atom stereocenters.